The van der Waals surface area contributed by atoms with Crippen molar-refractivity contribution in [3.8, 4) is 0 Å². The number of piperidine rings is 1. The highest BCUT2D eigenvalue weighted by atomic mass is 16.5. The van der Waals surface area contributed by atoms with E-state index in [1.54, 1.807) is 4.90 Å². The van der Waals surface area contributed by atoms with Gasteiger partial charge in [-0.3, -0.25) is 14.6 Å². The van der Waals surface area contributed by atoms with Crippen LogP contribution in [0.2, 0.25) is 0 Å². The third-order valence-corrected chi connectivity index (χ3v) is 5.44. The third kappa shape index (κ3) is 3.91. The number of ether oxygens (including phenoxy) is 1. The van der Waals surface area contributed by atoms with Crippen LogP contribution in [0.25, 0.3) is 0 Å². The van der Waals surface area contributed by atoms with Crippen molar-refractivity contribution >= 4 is 11.9 Å². The van der Waals surface area contributed by atoms with Gasteiger partial charge in [0.15, 0.2) is 6.04 Å². The van der Waals surface area contributed by atoms with Gasteiger partial charge in [-0.1, -0.05) is 43.7 Å². The molecule has 26 heavy (non-hydrogen) atoms. The highest BCUT2D eigenvalue weighted by Crippen LogP contribution is 2.38. The molecule has 3 rings (SSSR count). The van der Waals surface area contributed by atoms with E-state index < -0.39 is 17.7 Å². The molecule has 0 bridgehead atoms. The summed E-state index contributed by atoms with van der Waals surface area (Å²) in [6, 6.07) is 9.43. The summed E-state index contributed by atoms with van der Waals surface area (Å²) in [6.07, 6.45) is 3.38. The molecule has 1 amide bonds. The summed E-state index contributed by atoms with van der Waals surface area (Å²) < 4.78 is 5.97. The quantitative estimate of drug-likeness (QED) is 0.844. The number of rotatable bonds is 6. The summed E-state index contributed by atoms with van der Waals surface area (Å²) in [6.45, 7) is 4.56. The maximum Gasteiger partial charge on any atom is 0.328 e. The van der Waals surface area contributed by atoms with E-state index in [1.807, 2.05) is 25.1 Å². The molecule has 1 unspecified atom stereocenters. The van der Waals surface area contributed by atoms with E-state index in [0.29, 0.717) is 19.3 Å². The number of amides is 1. The van der Waals surface area contributed by atoms with Crippen molar-refractivity contribution in [1.29, 1.82) is 0 Å². The average Bonchev–Trinajstić information content (AvgIpc) is 3.02. The van der Waals surface area contributed by atoms with Crippen LogP contribution in [0.5, 0.6) is 0 Å². The van der Waals surface area contributed by atoms with Crippen LogP contribution in [-0.4, -0.2) is 58.2 Å². The first-order valence-electron chi connectivity index (χ1n) is 9.51. The lowest BCUT2D eigenvalue weighted by Crippen LogP contribution is -2.58. The van der Waals surface area contributed by atoms with Gasteiger partial charge in [-0.15, -0.1) is 0 Å². The number of benzene rings is 1. The fourth-order valence-electron chi connectivity index (χ4n) is 3.98. The molecule has 2 fully saturated rings. The first kappa shape index (κ1) is 18.9. The Balaban J connectivity index is 1.68. The van der Waals surface area contributed by atoms with Crippen LogP contribution in [0, 0.1) is 0 Å². The van der Waals surface area contributed by atoms with Crippen molar-refractivity contribution in [3.63, 3.8) is 0 Å². The molecule has 2 heterocycles. The zero-order valence-electron chi connectivity index (χ0n) is 15.4. The number of unbranched alkanes of at least 4 members (excludes halogenated alkanes) is 1. The van der Waals surface area contributed by atoms with Crippen LogP contribution in [0.15, 0.2) is 30.3 Å². The number of aliphatic carboxylic acids is 1. The number of hydrogen-bond acceptors (Lipinski definition) is 4. The molecule has 1 aromatic rings. The standard InChI is InChI=1S/C20H28N2O4/c1-2-3-9-18(23)22-17(19(24)25)15-26-20(22)10-12-21(13-11-20)14-16-7-5-4-6-8-16/h4-8,17H,2-3,9-15H2,1H3,(H,24,25). The molecule has 6 heteroatoms. The molecular formula is C20H28N2O4. The van der Waals surface area contributed by atoms with Crippen LogP contribution < -0.4 is 0 Å². The first-order chi connectivity index (χ1) is 12.6. The van der Waals surface area contributed by atoms with E-state index in [0.717, 1.165) is 32.5 Å². The predicted octanol–water partition coefficient (Wildman–Crippen LogP) is 2.48. The number of likely N-dealkylation sites (tertiary alicyclic amines) is 1. The zero-order chi connectivity index (χ0) is 18.6. The molecular weight excluding hydrogens is 332 g/mol. The van der Waals surface area contributed by atoms with Crippen molar-refractivity contribution < 1.29 is 19.4 Å². The zero-order valence-corrected chi connectivity index (χ0v) is 15.4. The van der Waals surface area contributed by atoms with E-state index in [1.165, 1.54) is 5.56 Å². The van der Waals surface area contributed by atoms with Crippen LogP contribution in [-0.2, 0) is 20.9 Å². The van der Waals surface area contributed by atoms with Gasteiger partial charge in [-0.05, 0) is 12.0 Å². The van der Waals surface area contributed by atoms with Gasteiger partial charge in [0.25, 0.3) is 0 Å². The molecule has 6 nitrogen and oxygen atoms in total. The van der Waals surface area contributed by atoms with Crippen molar-refractivity contribution in [2.24, 2.45) is 0 Å². The van der Waals surface area contributed by atoms with Gasteiger partial charge in [0.05, 0.1) is 6.61 Å². The molecule has 2 saturated heterocycles. The summed E-state index contributed by atoms with van der Waals surface area (Å²) in [7, 11) is 0. The first-order valence-corrected chi connectivity index (χ1v) is 9.51. The number of carboxylic acids is 1. The van der Waals surface area contributed by atoms with Crippen molar-refractivity contribution in [1.82, 2.24) is 9.80 Å². The van der Waals surface area contributed by atoms with E-state index in [4.69, 9.17) is 4.74 Å². The Morgan fingerprint density at radius 2 is 1.92 bits per heavy atom. The summed E-state index contributed by atoms with van der Waals surface area (Å²) in [4.78, 5) is 28.3. The van der Waals surface area contributed by atoms with E-state index in [-0.39, 0.29) is 12.5 Å². The smallest absolute Gasteiger partial charge is 0.328 e. The lowest BCUT2D eigenvalue weighted by molar-refractivity contribution is -0.166. The minimum absolute atomic E-state index is 0.0892. The molecule has 1 spiro atoms. The molecule has 1 atom stereocenters. The van der Waals surface area contributed by atoms with E-state index in [9.17, 15) is 14.7 Å². The maximum absolute atomic E-state index is 12.7. The van der Waals surface area contributed by atoms with Crippen molar-refractivity contribution in [3.05, 3.63) is 35.9 Å². The van der Waals surface area contributed by atoms with Gasteiger partial charge >= 0.3 is 5.97 Å². The Hall–Kier alpha value is -1.92. The third-order valence-electron chi connectivity index (χ3n) is 5.44. The normalized spacial score (nSPS) is 22.7. The van der Waals surface area contributed by atoms with Crippen molar-refractivity contribution in [2.75, 3.05) is 19.7 Å². The molecule has 1 N–H and O–H groups in total. The van der Waals surface area contributed by atoms with Crippen molar-refractivity contribution in [2.45, 2.75) is 57.3 Å². The van der Waals surface area contributed by atoms with Gasteiger partial charge in [0.2, 0.25) is 5.91 Å². The SMILES string of the molecule is CCCCC(=O)N1C(C(=O)O)COC12CCN(Cc1ccccc1)CC2. The lowest BCUT2D eigenvalue weighted by atomic mass is 9.96. The minimum atomic E-state index is -0.974. The Morgan fingerprint density at radius 3 is 2.54 bits per heavy atom. The summed E-state index contributed by atoms with van der Waals surface area (Å²) in [5.41, 5.74) is 0.510. The van der Waals surface area contributed by atoms with Crippen LogP contribution in [0.4, 0.5) is 0 Å². The Bertz CT molecular complexity index is 626. The van der Waals surface area contributed by atoms with E-state index in [2.05, 4.69) is 17.0 Å². The Labute approximate surface area is 154 Å². The molecule has 2 aliphatic heterocycles. The van der Waals surface area contributed by atoms with Crippen LogP contribution in [0.3, 0.4) is 0 Å². The second-order valence-corrected chi connectivity index (χ2v) is 7.24. The number of carboxylic acid groups (broad SMARTS) is 1. The Kier molecular flexibility index (Phi) is 5.94. The fraction of sp³-hybridized carbons (Fsp3) is 0.600. The Morgan fingerprint density at radius 1 is 1.23 bits per heavy atom. The van der Waals surface area contributed by atoms with Gasteiger partial charge in [0.1, 0.15) is 5.72 Å². The second-order valence-electron chi connectivity index (χ2n) is 7.24. The monoisotopic (exact) mass is 360 g/mol. The molecule has 0 aliphatic carbocycles. The summed E-state index contributed by atoms with van der Waals surface area (Å²) in [5, 5.41) is 9.53. The topological polar surface area (TPSA) is 70.1 Å². The number of nitrogens with zero attached hydrogens (tertiary/aromatic N) is 2. The summed E-state index contributed by atoms with van der Waals surface area (Å²) >= 11 is 0. The fourth-order valence-corrected chi connectivity index (χ4v) is 3.98. The van der Waals surface area contributed by atoms with Gasteiger partial charge in [0, 0.05) is 38.9 Å². The van der Waals surface area contributed by atoms with Gasteiger partial charge in [-0.2, -0.15) is 0 Å². The molecule has 2 aliphatic rings. The number of carbonyl (C=O) groups excluding carboxylic acids is 1. The predicted molar refractivity (Wildman–Crippen MR) is 97.4 cm³/mol. The highest BCUT2D eigenvalue weighted by molar-refractivity contribution is 5.85. The van der Waals surface area contributed by atoms with Gasteiger partial charge in [-0.25, -0.2) is 4.79 Å². The lowest BCUT2D eigenvalue weighted by Gasteiger charge is -2.44. The number of hydrogen-bond donors (Lipinski definition) is 1. The van der Waals surface area contributed by atoms with Crippen LogP contribution in [0.1, 0.15) is 44.6 Å². The molecule has 0 radical (unpaired) electrons. The van der Waals surface area contributed by atoms with Gasteiger partial charge < -0.3 is 9.84 Å². The summed E-state index contributed by atoms with van der Waals surface area (Å²) in [5.74, 6) is -1.06. The molecule has 0 saturated carbocycles. The highest BCUT2D eigenvalue weighted by Gasteiger charge is 2.53. The largest absolute Gasteiger partial charge is 0.480 e. The molecule has 1 aromatic carbocycles. The molecule has 142 valence electrons. The molecule has 0 aromatic heterocycles. The van der Waals surface area contributed by atoms with Crippen LogP contribution >= 0.6 is 0 Å². The van der Waals surface area contributed by atoms with E-state index >= 15 is 0 Å². The minimum Gasteiger partial charge on any atom is -0.480 e. The number of carbonyl (C=O) groups is 2. The second kappa shape index (κ2) is 8.18. The average molecular weight is 360 g/mol. The maximum atomic E-state index is 12.7.